The van der Waals surface area contributed by atoms with Crippen molar-refractivity contribution in [2.45, 2.75) is 6.92 Å². The number of oxime groups is 1. The second-order valence-electron chi connectivity index (χ2n) is 2.95. The van der Waals surface area contributed by atoms with Crippen molar-refractivity contribution >= 4 is 16.7 Å². The molecule has 0 saturated heterocycles. The molecule has 0 bridgehead atoms. The van der Waals surface area contributed by atoms with Crippen molar-refractivity contribution in [1.29, 1.82) is 0 Å². The molecule has 2 rings (SSSR count). The molecule has 1 N–H and O–H groups in total. The van der Waals surface area contributed by atoms with Gasteiger partial charge in [-0.1, -0.05) is 17.3 Å². The Bertz CT molecular complexity index is 502. The molecule has 1 aromatic heterocycles. The number of fused-ring (bicyclic) bond motifs is 1. The van der Waals surface area contributed by atoms with E-state index in [9.17, 15) is 4.39 Å². The first-order valence-corrected chi connectivity index (χ1v) is 4.09. The zero-order chi connectivity index (χ0) is 10.1. The van der Waals surface area contributed by atoms with Gasteiger partial charge in [0.15, 0.2) is 17.2 Å². The van der Waals surface area contributed by atoms with E-state index in [0.717, 1.165) is 0 Å². The van der Waals surface area contributed by atoms with E-state index in [1.807, 2.05) is 0 Å². The summed E-state index contributed by atoms with van der Waals surface area (Å²) in [4.78, 5) is 0. The van der Waals surface area contributed by atoms with Crippen LogP contribution in [0.1, 0.15) is 12.7 Å². The Balaban J connectivity index is 2.68. The second-order valence-corrected chi connectivity index (χ2v) is 2.95. The molecule has 72 valence electrons. The first-order chi connectivity index (χ1) is 6.72. The highest BCUT2D eigenvalue weighted by molar-refractivity contribution is 5.99. The van der Waals surface area contributed by atoms with Crippen molar-refractivity contribution in [3.8, 4) is 0 Å². The highest BCUT2D eigenvalue weighted by atomic mass is 19.1. The van der Waals surface area contributed by atoms with Gasteiger partial charge in [-0.25, -0.2) is 4.39 Å². The number of hydrogen-bond donors (Lipinski definition) is 1. The third kappa shape index (κ3) is 1.25. The summed E-state index contributed by atoms with van der Waals surface area (Å²) in [6, 6.07) is 6.28. The van der Waals surface area contributed by atoms with Crippen LogP contribution in [-0.2, 0) is 0 Å². The van der Waals surface area contributed by atoms with Crippen LogP contribution >= 0.6 is 0 Å². The first-order valence-electron chi connectivity index (χ1n) is 4.09. The van der Waals surface area contributed by atoms with Gasteiger partial charge in [-0.3, -0.25) is 0 Å². The number of para-hydroxylation sites is 1. The zero-order valence-corrected chi connectivity index (χ0v) is 7.49. The van der Waals surface area contributed by atoms with Gasteiger partial charge in [0, 0.05) is 5.39 Å². The van der Waals surface area contributed by atoms with E-state index in [1.165, 1.54) is 6.07 Å². The predicted molar refractivity (Wildman–Crippen MR) is 50.2 cm³/mol. The molecule has 1 aromatic carbocycles. The Labute approximate surface area is 79.4 Å². The molecule has 3 nitrogen and oxygen atoms in total. The van der Waals surface area contributed by atoms with E-state index in [4.69, 9.17) is 9.62 Å². The van der Waals surface area contributed by atoms with E-state index in [-0.39, 0.29) is 5.58 Å². The van der Waals surface area contributed by atoms with E-state index in [1.54, 1.807) is 25.1 Å². The van der Waals surface area contributed by atoms with Crippen LogP contribution < -0.4 is 0 Å². The summed E-state index contributed by atoms with van der Waals surface area (Å²) in [5, 5.41) is 12.2. The fraction of sp³-hybridized carbons (Fsp3) is 0.100. The summed E-state index contributed by atoms with van der Waals surface area (Å²) in [6.07, 6.45) is 0. The number of hydrogen-bond acceptors (Lipinski definition) is 3. The molecule has 14 heavy (non-hydrogen) atoms. The third-order valence-electron chi connectivity index (χ3n) is 2.00. The molecule has 0 aliphatic carbocycles. The fourth-order valence-corrected chi connectivity index (χ4v) is 1.26. The van der Waals surface area contributed by atoms with Crippen LogP contribution in [0.2, 0.25) is 0 Å². The maximum absolute atomic E-state index is 13.2. The normalized spacial score (nSPS) is 12.3. The van der Waals surface area contributed by atoms with Crippen molar-refractivity contribution in [1.82, 2.24) is 0 Å². The number of halogens is 1. The molecule has 0 atom stereocenters. The predicted octanol–water partition coefficient (Wildman–Crippen LogP) is 2.77. The topological polar surface area (TPSA) is 45.7 Å². The van der Waals surface area contributed by atoms with Crippen LogP contribution in [0.15, 0.2) is 33.8 Å². The van der Waals surface area contributed by atoms with Crippen molar-refractivity contribution in [2.75, 3.05) is 0 Å². The summed E-state index contributed by atoms with van der Waals surface area (Å²) in [5.74, 6) is -0.0490. The number of benzene rings is 1. The molecular weight excluding hydrogens is 185 g/mol. The second kappa shape index (κ2) is 3.14. The standard InChI is InChI=1S/C10H8FNO2/c1-6(12-13)9-5-7-3-2-4-8(11)10(7)14-9/h2-5,13H,1H3/b12-6-. The lowest BCUT2D eigenvalue weighted by Gasteiger charge is -1.89. The van der Waals surface area contributed by atoms with Crippen molar-refractivity contribution in [2.24, 2.45) is 5.16 Å². The molecule has 0 aliphatic heterocycles. The number of furan rings is 1. The lowest BCUT2D eigenvalue weighted by Crippen LogP contribution is -1.89. The minimum absolute atomic E-state index is 0.186. The minimum atomic E-state index is -0.417. The Morgan fingerprint density at radius 1 is 1.50 bits per heavy atom. The molecule has 0 saturated carbocycles. The van der Waals surface area contributed by atoms with Gasteiger partial charge in [-0.05, 0) is 19.1 Å². The average Bonchev–Trinajstić information content (AvgIpc) is 2.62. The van der Waals surface area contributed by atoms with Gasteiger partial charge >= 0.3 is 0 Å². The van der Waals surface area contributed by atoms with Crippen molar-refractivity contribution < 1.29 is 14.0 Å². The van der Waals surface area contributed by atoms with Gasteiger partial charge < -0.3 is 9.62 Å². The van der Waals surface area contributed by atoms with Crippen LogP contribution in [0.4, 0.5) is 4.39 Å². The molecule has 1 heterocycles. The molecule has 0 spiro atoms. The van der Waals surface area contributed by atoms with Crippen molar-refractivity contribution in [3.05, 3.63) is 35.8 Å². The Hall–Kier alpha value is -1.84. The summed E-state index contributed by atoms with van der Waals surface area (Å²) >= 11 is 0. The minimum Gasteiger partial charge on any atom is -0.452 e. The fourth-order valence-electron chi connectivity index (χ4n) is 1.26. The van der Waals surface area contributed by atoms with E-state index < -0.39 is 5.82 Å². The van der Waals surface area contributed by atoms with Crippen LogP contribution in [0.25, 0.3) is 11.0 Å². The lowest BCUT2D eigenvalue weighted by molar-refractivity contribution is 0.318. The zero-order valence-electron chi connectivity index (χ0n) is 7.49. The average molecular weight is 193 g/mol. The maximum atomic E-state index is 13.2. The van der Waals surface area contributed by atoms with Gasteiger partial charge in [-0.15, -0.1) is 0 Å². The molecule has 0 unspecified atom stereocenters. The van der Waals surface area contributed by atoms with Gasteiger partial charge in [0.25, 0.3) is 0 Å². The number of nitrogens with zero attached hydrogens (tertiary/aromatic N) is 1. The maximum Gasteiger partial charge on any atom is 0.170 e. The van der Waals surface area contributed by atoms with Gasteiger partial charge in [0.05, 0.1) is 0 Å². The molecular formula is C10H8FNO2. The highest BCUT2D eigenvalue weighted by Crippen LogP contribution is 2.22. The summed E-state index contributed by atoms with van der Waals surface area (Å²) in [6.45, 7) is 1.58. The Morgan fingerprint density at radius 2 is 2.29 bits per heavy atom. The monoisotopic (exact) mass is 193 g/mol. The van der Waals surface area contributed by atoms with Gasteiger partial charge in [0.1, 0.15) is 5.71 Å². The Morgan fingerprint density at radius 3 is 2.93 bits per heavy atom. The van der Waals surface area contributed by atoms with Crippen LogP contribution in [-0.4, -0.2) is 10.9 Å². The molecule has 2 aromatic rings. The molecule has 4 heteroatoms. The molecule has 0 fully saturated rings. The largest absolute Gasteiger partial charge is 0.452 e. The summed E-state index contributed by atoms with van der Waals surface area (Å²) < 4.78 is 18.4. The lowest BCUT2D eigenvalue weighted by atomic mass is 10.2. The van der Waals surface area contributed by atoms with E-state index in [0.29, 0.717) is 16.9 Å². The quantitative estimate of drug-likeness (QED) is 0.430. The SMILES string of the molecule is C/C(=N/O)c1cc2cccc(F)c2o1. The summed E-state index contributed by atoms with van der Waals surface area (Å²) in [5.41, 5.74) is 0.506. The van der Waals surface area contributed by atoms with Gasteiger partial charge in [0.2, 0.25) is 0 Å². The van der Waals surface area contributed by atoms with E-state index >= 15 is 0 Å². The van der Waals surface area contributed by atoms with Crippen LogP contribution in [0.5, 0.6) is 0 Å². The smallest absolute Gasteiger partial charge is 0.170 e. The van der Waals surface area contributed by atoms with Gasteiger partial charge in [-0.2, -0.15) is 0 Å². The molecule has 0 amide bonds. The Kier molecular flexibility index (Phi) is 1.96. The highest BCUT2D eigenvalue weighted by Gasteiger charge is 2.09. The first kappa shape index (κ1) is 8.74. The van der Waals surface area contributed by atoms with Crippen LogP contribution in [0.3, 0.4) is 0 Å². The van der Waals surface area contributed by atoms with Crippen LogP contribution in [0, 0.1) is 5.82 Å². The molecule has 0 aliphatic rings. The third-order valence-corrected chi connectivity index (χ3v) is 2.00. The summed E-state index contributed by atoms with van der Waals surface area (Å²) in [7, 11) is 0. The van der Waals surface area contributed by atoms with E-state index in [2.05, 4.69) is 5.16 Å². The molecule has 0 radical (unpaired) electrons. The van der Waals surface area contributed by atoms with Crippen molar-refractivity contribution in [3.63, 3.8) is 0 Å². The number of rotatable bonds is 1.